The first-order valence-corrected chi connectivity index (χ1v) is 6.72. The van der Waals surface area contributed by atoms with Crippen LogP contribution in [0, 0.1) is 35.0 Å². The van der Waals surface area contributed by atoms with Crippen molar-refractivity contribution in [2.45, 2.75) is 44.6 Å². The molecule has 0 atom stereocenters. The number of hydrazine groups is 1. The van der Waals surface area contributed by atoms with Crippen molar-refractivity contribution >= 4 is 0 Å². The fraction of sp³-hybridized carbons (Fsp3) is 0.923. The van der Waals surface area contributed by atoms with Crippen LogP contribution in [0.3, 0.4) is 0 Å². The van der Waals surface area contributed by atoms with Gasteiger partial charge >= 0.3 is 0 Å². The quantitative estimate of drug-likeness (QED) is 0.560. The molecule has 0 amide bonds. The van der Waals surface area contributed by atoms with Crippen LogP contribution in [-0.4, -0.2) is 12.6 Å². The molecule has 0 aromatic rings. The minimum atomic E-state index is 0.598. The lowest BCUT2D eigenvalue weighted by Gasteiger charge is -2.54. The summed E-state index contributed by atoms with van der Waals surface area (Å²) in [5.41, 5.74) is 6.74. The Morgan fingerprint density at radius 3 is 2.19 bits per heavy atom. The summed E-state index contributed by atoms with van der Waals surface area (Å²) in [6.45, 7) is 0.777. The molecular formula is C13H21N3. The molecule has 3 heteroatoms. The summed E-state index contributed by atoms with van der Waals surface area (Å²) >= 11 is 0. The molecule has 0 aliphatic heterocycles. The summed E-state index contributed by atoms with van der Waals surface area (Å²) in [6.07, 6.45) is 7.91. The Hall–Kier alpha value is -0.590. The first kappa shape index (κ1) is 10.6. The molecule has 4 bridgehead atoms. The zero-order valence-corrected chi connectivity index (χ0v) is 9.78. The molecule has 0 saturated heterocycles. The third-order valence-corrected chi connectivity index (χ3v) is 4.86. The lowest BCUT2D eigenvalue weighted by atomic mass is 9.54. The number of nitrogens with zero attached hydrogens (tertiary/aromatic N) is 1. The van der Waals surface area contributed by atoms with E-state index in [9.17, 15) is 0 Å². The zero-order chi connectivity index (χ0) is 11.0. The predicted octanol–water partition coefficient (Wildman–Crippen LogP) is 1.82. The number of hydrogen-bond donors (Lipinski definition) is 2. The summed E-state index contributed by atoms with van der Waals surface area (Å²) in [7, 11) is 0. The first-order valence-electron chi connectivity index (χ1n) is 6.72. The minimum absolute atomic E-state index is 0.598. The predicted molar refractivity (Wildman–Crippen MR) is 62.2 cm³/mol. The Kier molecular flexibility index (Phi) is 2.87. The van der Waals surface area contributed by atoms with Gasteiger partial charge in [0.25, 0.3) is 0 Å². The Morgan fingerprint density at radius 2 is 1.62 bits per heavy atom. The number of rotatable bonds is 4. The highest BCUT2D eigenvalue weighted by Crippen LogP contribution is 2.53. The smallest absolute Gasteiger partial charge is 0.0635 e. The molecule has 4 rings (SSSR count). The van der Waals surface area contributed by atoms with Gasteiger partial charge in [-0.2, -0.15) is 5.26 Å². The molecule has 0 aromatic carbocycles. The first-order chi connectivity index (χ1) is 7.86. The molecule has 4 fully saturated rings. The van der Waals surface area contributed by atoms with Gasteiger partial charge in [0.1, 0.15) is 0 Å². The molecule has 4 aliphatic rings. The van der Waals surface area contributed by atoms with Crippen molar-refractivity contribution < 1.29 is 0 Å². The molecule has 0 radical (unpaired) electrons. The second-order valence-corrected chi connectivity index (χ2v) is 5.94. The minimum Gasteiger partial charge on any atom is -0.257 e. The summed E-state index contributed by atoms with van der Waals surface area (Å²) in [5.74, 6) is 3.90. The topological polar surface area (TPSA) is 47.9 Å². The van der Waals surface area contributed by atoms with Gasteiger partial charge in [-0.05, 0) is 55.8 Å². The van der Waals surface area contributed by atoms with Crippen LogP contribution >= 0.6 is 0 Å². The van der Waals surface area contributed by atoms with Gasteiger partial charge in [-0.1, -0.05) is 0 Å². The van der Waals surface area contributed by atoms with E-state index in [1.165, 1.54) is 32.1 Å². The fourth-order valence-corrected chi connectivity index (χ4v) is 4.47. The van der Waals surface area contributed by atoms with Gasteiger partial charge in [-0.3, -0.25) is 10.9 Å². The third-order valence-electron chi connectivity index (χ3n) is 4.86. The summed E-state index contributed by atoms with van der Waals surface area (Å²) in [4.78, 5) is 0. The Balaban J connectivity index is 1.54. The van der Waals surface area contributed by atoms with Gasteiger partial charge in [0.15, 0.2) is 0 Å². The van der Waals surface area contributed by atoms with Crippen molar-refractivity contribution in [1.29, 1.82) is 5.26 Å². The molecule has 4 saturated carbocycles. The highest BCUT2D eigenvalue weighted by atomic mass is 15.4. The summed E-state index contributed by atoms with van der Waals surface area (Å²) in [6, 6.07) is 2.85. The van der Waals surface area contributed by atoms with Crippen LogP contribution in [0.1, 0.15) is 38.5 Å². The van der Waals surface area contributed by atoms with E-state index in [1.807, 2.05) is 0 Å². The zero-order valence-electron chi connectivity index (χ0n) is 9.78. The van der Waals surface area contributed by atoms with E-state index in [1.54, 1.807) is 0 Å². The van der Waals surface area contributed by atoms with Gasteiger partial charge in [0.2, 0.25) is 0 Å². The maximum atomic E-state index is 8.49. The molecule has 4 aliphatic carbocycles. The molecule has 16 heavy (non-hydrogen) atoms. The van der Waals surface area contributed by atoms with Gasteiger partial charge in [-0.25, -0.2) is 0 Å². The van der Waals surface area contributed by atoms with E-state index in [2.05, 4.69) is 16.9 Å². The van der Waals surface area contributed by atoms with Crippen LogP contribution in [0.2, 0.25) is 0 Å². The van der Waals surface area contributed by atoms with E-state index in [4.69, 9.17) is 5.26 Å². The van der Waals surface area contributed by atoms with E-state index in [-0.39, 0.29) is 0 Å². The van der Waals surface area contributed by atoms with Crippen LogP contribution in [0.5, 0.6) is 0 Å². The molecule has 0 unspecified atom stereocenters. The molecule has 3 nitrogen and oxygen atoms in total. The van der Waals surface area contributed by atoms with Gasteiger partial charge < -0.3 is 0 Å². The van der Waals surface area contributed by atoms with Crippen molar-refractivity contribution in [2.24, 2.45) is 23.7 Å². The van der Waals surface area contributed by atoms with Crippen LogP contribution in [0.25, 0.3) is 0 Å². The van der Waals surface area contributed by atoms with Crippen molar-refractivity contribution in [2.75, 3.05) is 6.54 Å². The average molecular weight is 219 g/mol. The molecule has 2 N–H and O–H groups in total. The summed E-state index contributed by atoms with van der Waals surface area (Å²) in [5, 5.41) is 8.49. The largest absolute Gasteiger partial charge is 0.257 e. The molecule has 0 aromatic heterocycles. The standard InChI is InChI=1S/C13H21N3/c14-2-1-3-15-16-13-11-5-9-4-10(7-11)8-12(13)6-9/h9-13,15-16H,1,3-8H2. The normalized spacial score (nSPS) is 44.6. The van der Waals surface area contributed by atoms with Gasteiger partial charge in [-0.15, -0.1) is 0 Å². The van der Waals surface area contributed by atoms with Gasteiger partial charge in [0, 0.05) is 19.0 Å². The second-order valence-electron chi connectivity index (χ2n) is 5.94. The maximum Gasteiger partial charge on any atom is 0.0635 e. The van der Waals surface area contributed by atoms with E-state index < -0.39 is 0 Å². The lowest BCUT2D eigenvalue weighted by molar-refractivity contribution is -0.0186. The van der Waals surface area contributed by atoms with Crippen LogP contribution < -0.4 is 10.9 Å². The number of hydrogen-bond acceptors (Lipinski definition) is 3. The lowest BCUT2D eigenvalue weighted by Crippen LogP contribution is -2.57. The maximum absolute atomic E-state index is 8.49. The number of nitrogens with one attached hydrogen (secondary N) is 2. The molecular weight excluding hydrogens is 198 g/mol. The fourth-order valence-electron chi connectivity index (χ4n) is 4.47. The highest BCUT2D eigenvalue weighted by Gasteiger charge is 2.47. The van der Waals surface area contributed by atoms with Gasteiger partial charge in [0.05, 0.1) is 6.07 Å². The van der Waals surface area contributed by atoms with E-state index in [0.717, 1.165) is 30.2 Å². The molecule has 88 valence electrons. The highest BCUT2D eigenvalue weighted by molar-refractivity contribution is 5.00. The number of nitriles is 1. The average Bonchev–Trinajstić information content (AvgIpc) is 2.26. The van der Waals surface area contributed by atoms with Crippen molar-refractivity contribution in [3.63, 3.8) is 0 Å². The SMILES string of the molecule is N#CCCNNC1C2CC3CC(C2)CC1C3. The van der Waals surface area contributed by atoms with Crippen molar-refractivity contribution in [3.8, 4) is 6.07 Å². The third kappa shape index (κ3) is 1.85. The Bertz CT molecular complexity index is 266. The second kappa shape index (κ2) is 4.35. The Morgan fingerprint density at radius 1 is 1.00 bits per heavy atom. The molecule has 0 spiro atoms. The monoisotopic (exact) mass is 219 g/mol. The van der Waals surface area contributed by atoms with E-state index >= 15 is 0 Å². The Labute approximate surface area is 97.6 Å². The van der Waals surface area contributed by atoms with Crippen molar-refractivity contribution in [3.05, 3.63) is 0 Å². The van der Waals surface area contributed by atoms with Crippen molar-refractivity contribution in [1.82, 2.24) is 10.9 Å². The van der Waals surface area contributed by atoms with Crippen LogP contribution in [-0.2, 0) is 0 Å². The van der Waals surface area contributed by atoms with E-state index in [0.29, 0.717) is 12.5 Å². The van der Waals surface area contributed by atoms with Crippen LogP contribution in [0.4, 0.5) is 0 Å². The van der Waals surface area contributed by atoms with Crippen LogP contribution in [0.15, 0.2) is 0 Å². The summed E-state index contributed by atoms with van der Waals surface area (Å²) < 4.78 is 0. The molecule has 0 heterocycles.